The number of ketones is 1. The Labute approximate surface area is 161 Å². The van der Waals surface area contributed by atoms with Crippen molar-refractivity contribution in [3.63, 3.8) is 0 Å². The number of nitrogens with zero attached hydrogens (tertiary/aromatic N) is 3. The second-order valence-corrected chi connectivity index (χ2v) is 7.37. The highest BCUT2D eigenvalue weighted by molar-refractivity contribution is 6.30. The van der Waals surface area contributed by atoms with Crippen molar-refractivity contribution in [3.05, 3.63) is 88.3 Å². The van der Waals surface area contributed by atoms with Crippen LogP contribution in [0.4, 0.5) is 5.95 Å². The molecule has 5 nitrogen and oxygen atoms in total. The Morgan fingerprint density at radius 3 is 2.56 bits per heavy atom. The maximum atomic E-state index is 13.2. The molecule has 0 radical (unpaired) electrons. The van der Waals surface area contributed by atoms with Gasteiger partial charge in [0.1, 0.15) is 12.4 Å². The van der Waals surface area contributed by atoms with Gasteiger partial charge in [0.25, 0.3) is 0 Å². The van der Waals surface area contributed by atoms with E-state index in [0.29, 0.717) is 17.4 Å². The Hall–Kier alpha value is -2.92. The monoisotopic (exact) mass is 376 g/mol. The van der Waals surface area contributed by atoms with Gasteiger partial charge in [0.15, 0.2) is 5.78 Å². The highest BCUT2D eigenvalue weighted by Gasteiger charge is 2.39. The highest BCUT2D eigenvalue weighted by Crippen LogP contribution is 2.43. The van der Waals surface area contributed by atoms with E-state index in [-0.39, 0.29) is 17.7 Å². The van der Waals surface area contributed by atoms with Crippen LogP contribution in [0.15, 0.2) is 72.2 Å². The number of carbonyl (C=O) groups excluding carboxylic acids is 1. The van der Waals surface area contributed by atoms with Crippen LogP contribution in [0.1, 0.15) is 35.9 Å². The fourth-order valence-electron chi connectivity index (χ4n) is 4.07. The van der Waals surface area contributed by atoms with Gasteiger partial charge in [0, 0.05) is 22.7 Å². The fraction of sp³-hybridized carbons (Fsp3) is 0.190. The van der Waals surface area contributed by atoms with E-state index >= 15 is 0 Å². The lowest BCUT2D eigenvalue weighted by Crippen LogP contribution is -2.33. The largest absolute Gasteiger partial charge is 0.328 e. The van der Waals surface area contributed by atoms with Crippen molar-refractivity contribution in [2.24, 2.45) is 0 Å². The van der Waals surface area contributed by atoms with Gasteiger partial charge in [0.2, 0.25) is 5.95 Å². The Morgan fingerprint density at radius 1 is 1.00 bits per heavy atom. The number of fused-ring (bicyclic) bond motifs is 1. The van der Waals surface area contributed by atoms with E-state index < -0.39 is 0 Å². The average Bonchev–Trinajstić information content (AvgIpc) is 3.15. The lowest BCUT2D eigenvalue weighted by atomic mass is 9.78. The molecular formula is C21H17ClN4O. The molecule has 2 aromatic carbocycles. The summed E-state index contributed by atoms with van der Waals surface area (Å²) in [5.41, 5.74) is 3.91. The number of rotatable bonds is 2. The molecule has 1 aliphatic carbocycles. The van der Waals surface area contributed by atoms with Crippen molar-refractivity contribution >= 4 is 23.3 Å². The molecule has 1 aromatic heterocycles. The molecule has 2 atom stereocenters. The molecule has 134 valence electrons. The van der Waals surface area contributed by atoms with Crippen LogP contribution in [0.3, 0.4) is 0 Å². The van der Waals surface area contributed by atoms with Crippen molar-refractivity contribution in [2.45, 2.75) is 24.8 Å². The summed E-state index contributed by atoms with van der Waals surface area (Å²) in [5.74, 6) is 0.956. The molecule has 1 aliphatic heterocycles. The van der Waals surface area contributed by atoms with E-state index in [1.165, 1.54) is 6.33 Å². The minimum Gasteiger partial charge on any atom is -0.328 e. The van der Waals surface area contributed by atoms with E-state index in [1.807, 2.05) is 54.6 Å². The molecule has 0 saturated carbocycles. The molecular weight excluding hydrogens is 360 g/mol. The molecule has 2 heterocycles. The summed E-state index contributed by atoms with van der Waals surface area (Å²) >= 11 is 6.01. The Morgan fingerprint density at radius 2 is 1.78 bits per heavy atom. The van der Waals surface area contributed by atoms with E-state index in [0.717, 1.165) is 28.8 Å². The van der Waals surface area contributed by atoms with Gasteiger partial charge in [-0.15, -0.1) is 0 Å². The molecule has 5 rings (SSSR count). The molecule has 0 bridgehead atoms. The predicted molar refractivity (Wildman–Crippen MR) is 104 cm³/mol. The van der Waals surface area contributed by atoms with E-state index in [1.54, 1.807) is 4.68 Å². The molecule has 0 saturated heterocycles. The van der Waals surface area contributed by atoms with Crippen LogP contribution in [0.25, 0.3) is 0 Å². The number of halogens is 1. The number of aromatic nitrogens is 3. The van der Waals surface area contributed by atoms with Crippen molar-refractivity contribution in [1.82, 2.24) is 14.8 Å². The fourth-order valence-corrected chi connectivity index (χ4v) is 4.19. The molecule has 6 heteroatoms. The van der Waals surface area contributed by atoms with Gasteiger partial charge >= 0.3 is 0 Å². The first-order valence-corrected chi connectivity index (χ1v) is 9.31. The Kier molecular flexibility index (Phi) is 3.83. The van der Waals surface area contributed by atoms with Crippen LogP contribution in [0.5, 0.6) is 0 Å². The summed E-state index contributed by atoms with van der Waals surface area (Å²) < 4.78 is 1.80. The highest BCUT2D eigenvalue weighted by atomic mass is 35.5. The SMILES string of the molecule is O=C1C[C@@H](c2ccc(Cl)cc2)CC2=C1[C@H](c1ccccc1)n1ncnc1N2. The van der Waals surface area contributed by atoms with Crippen molar-refractivity contribution < 1.29 is 4.79 Å². The summed E-state index contributed by atoms with van der Waals surface area (Å²) in [4.78, 5) is 17.5. The van der Waals surface area contributed by atoms with E-state index in [2.05, 4.69) is 15.4 Å². The third-order valence-electron chi connectivity index (χ3n) is 5.32. The maximum absolute atomic E-state index is 13.2. The summed E-state index contributed by atoms with van der Waals surface area (Å²) in [6.07, 6.45) is 2.77. The number of Topliss-reactive ketones (excluding diaryl/α,β-unsaturated/α-hetero) is 1. The zero-order valence-corrected chi connectivity index (χ0v) is 15.2. The molecule has 0 spiro atoms. The van der Waals surface area contributed by atoms with Gasteiger partial charge in [-0.1, -0.05) is 54.1 Å². The lowest BCUT2D eigenvalue weighted by molar-refractivity contribution is -0.116. The topological polar surface area (TPSA) is 59.8 Å². The lowest BCUT2D eigenvalue weighted by Gasteiger charge is -2.35. The third kappa shape index (κ3) is 2.75. The number of benzene rings is 2. The summed E-state index contributed by atoms with van der Waals surface area (Å²) in [6, 6.07) is 17.5. The van der Waals surface area contributed by atoms with E-state index in [9.17, 15) is 4.79 Å². The molecule has 0 fully saturated rings. The minimum atomic E-state index is -0.237. The van der Waals surface area contributed by atoms with Crippen molar-refractivity contribution in [1.29, 1.82) is 0 Å². The Bertz CT molecular complexity index is 1040. The standard InChI is InChI=1S/C21H17ClN4O/c22-16-8-6-13(7-9-16)15-10-17-19(18(27)11-15)20(14-4-2-1-3-5-14)26-21(25-17)23-12-24-26/h1-9,12,15,20H,10-11H2,(H,23,24,25)/t15-,20-/m0/s1. The number of anilines is 1. The zero-order valence-electron chi connectivity index (χ0n) is 14.5. The van der Waals surface area contributed by atoms with Gasteiger partial charge in [-0.05, 0) is 35.6 Å². The number of allylic oxidation sites excluding steroid dienone is 2. The zero-order chi connectivity index (χ0) is 18.4. The minimum absolute atomic E-state index is 0.131. The van der Waals surface area contributed by atoms with Crippen LogP contribution in [0.2, 0.25) is 5.02 Å². The van der Waals surface area contributed by atoms with Crippen LogP contribution >= 0.6 is 11.6 Å². The number of hydrogen-bond acceptors (Lipinski definition) is 4. The number of carbonyl (C=O) groups is 1. The van der Waals surface area contributed by atoms with Gasteiger partial charge < -0.3 is 5.32 Å². The van der Waals surface area contributed by atoms with Crippen molar-refractivity contribution in [2.75, 3.05) is 5.32 Å². The first-order chi connectivity index (χ1) is 13.2. The normalized spacial score (nSPS) is 21.4. The van der Waals surface area contributed by atoms with Crippen LogP contribution in [-0.2, 0) is 4.79 Å². The second-order valence-electron chi connectivity index (χ2n) is 6.94. The second kappa shape index (κ2) is 6.35. The summed E-state index contributed by atoms with van der Waals surface area (Å²) in [6.45, 7) is 0. The van der Waals surface area contributed by atoms with Gasteiger partial charge in [-0.25, -0.2) is 4.68 Å². The Balaban J connectivity index is 1.58. The average molecular weight is 377 g/mol. The number of hydrogen-bond donors (Lipinski definition) is 1. The van der Waals surface area contributed by atoms with Crippen LogP contribution < -0.4 is 5.32 Å². The summed E-state index contributed by atoms with van der Waals surface area (Å²) in [5, 5.41) is 8.41. The van der Waals surface area contributed by atoms with Gasteiger partial charge in [0.05, 0.1) is 0 Å². The number of nitrogens with one attached hydrogen (secondary N) is 1. The quantitative estimate of drug-likeness (QED) is 0.722. The predicted octanol–water partition coefficient (Wildman–Crippen LogP) is 4.35. The molecule has 0 amide bonds. The summed E-state index contributed by atoms with van der Waals surface area (Å²) in [7, 11) is 0. The first-order valence-electron chi connectivity index (χ1n) is 8.94. The van der Waals surface area contributed by atoms with Crippen LogP contribution in [0, 0.1) is 0 Å². The third-order valence-corrected chi connectivity index (χ3v) is 5.57. The van der Waals surface area contributed by atoms with Crippen LogP contribution in [-0.4, -0.2) is 20.5 Å². The molecule has 1 N–H and O–H groups in total. The first kappa shape index (κ1) is 16.3. The maximum Gasteiger partial charge on any atom is 0.226 e. The molecule has 0 unspecified atom stereocenters. The van der Waals surface area contributed by atoms with Gasteiger partial charge in [-0.2, -0.15) is 10.1 Å². The van der Waals surface area contributed by atoms with Crippen molar-refractivity contribution in [3.8, 4) is 0 Å². The molecule has 2 aliphatic rings. The molecule has 27 heavy (non-hydrogen) atoms. The van der Waals surface area contributed by atoms with E-state index in [4.69, 9.17) is 11.6 Å². The molecule has 3 aromatic rings. The smallest absolute Gasteiger partial charge is 0.226 e. The van der Waals surface area contributed by atoms with Gasteiger partial charge in [-0.3, -0.25) is 4.79 Å².